The molecule has 0 aliphatic carbocycles. The van der Waals surface area contributed by atoms with Crippen molar-refractivity contribution < 1.29 is 14.2 Å². The van der Waals surface area contributed by atoms with Crippen LogP contribution in [0.4, 0.5) is 0 Å². The van der Waals surface area contributed by atoms with E-state index >= 15 is 0 Å². The lowest BCUT2D eigenvalue weighted by Gasteiger charge is -2.27. The second-order valence-corrected chi connectivity index (χ2v) is 7.67. The van der Waals surface area contributed by atoms with E-state index in [4.69, 9.17) is 14.2 Å². The smallest absolute Gasteiger partial charge is 0.123 e. The Morgan fingerprint density at radius 2 is 1.82 bits per heavy atom. The van der Waals surface area contributed by atoms with Gasteiger partial charge in [0.2, 0.25) is 0 Å². The van der Waals surface area contributed by atoms with E-state index in [1.807, 2.05) is 0 Å². The molecule has 2 aliphatic rings. The van der Waals surface area contributed by atoms with Crippen molar-refractivity contribution in [3.8, 4) is 11.5 Å². The van der Waals surface area contributed by atoms with Gasteiger partial charge in [0.1, 0.15) is 17.6 Å². The van der Waals surface area contributed by atoms with Gasteiger partial charge in [0, 0.05) is 50.3 Å². The number of ether oxygens (including phenoxy) is 3. The molecule has 0 aromatic heterocycles. The van der Waals surface area contributed by atoms with Gasteiger partial charge in [-0.25, -0.2) is 0 Å². The Morgan fingerprint density at radius 3 is 2.61 bits per heavy atom. The third kappa shape index (κ3) is 4.49. The molecule has 0 bridgehead atoms. The third-order valence-electron chi connectivity index (χ3n) is 5.55. The van der Waals surface area contributed by atoms with E-state index in [-0.39, 0.29) is 6.10 Å². The molecule has 1 saturated heterocycles. The maximum Gasteiger partial charge on any atom is 0.123 e. The first kappa shape index (κ1) is 19.2. The molecule has 4 rings (SSSR count). The molecule has 0 amide bonds. The molecular formula is C23H30N2O3. The quantitative estimate of drug-likeness (QED) is 0.797. The van der Waals surface area contributed by atoms with Crippen LogP contribution in [0.25, 0.3) is 0 Å². The van der Waals surface area contributed by atoms with E-state index < -0.39 is 0 Å². The Bertz CT molecular complexity index is 802. The van der Waals surface area contributed by atoms with E-state index in [0.29, 0.717) is 0 Å². The Kier molecular flexibility index (Phi) is 6.15. The SMILES string of the molecule is COc1cc2c(cc1CNCc1ccccc1CN1CCOCC1)OC(C)C2. The highest BCUT2D eigenvalue weighted by atomic mass is 16.5. The van der Waals surface area contributed by atoms with Crippen LogP contribution in [0.5, 0.6) is 11.5 Å². The van der Waals surface area contributed by atoms with Gasteiger partial charge in [-0.05, 0) is 30.2 Å². The zero-order chi connectivity index (χ0) is 19.3. The Morgan fingerprint density at radius 1 is 1.07 bits per heavy atom. The maximum absolute atomic E-state index is 5.92. The second-order valence-electron chi connectivity index (χ2n) is 7.67. The molecule has 2 aliphatic heterocycles. The van der Waals surface area contributed by atoms with Crippen molar-refractivity contribution in [2.45, 2.75) is 39.1 Å². The van der Waals surface area contributed by atoms with Crippen LogP contribution in [0.1, 0.15) is 29.2 Å². The van der Waals surface area contributed by atoms with Gasteiger partial charge in [0.15, 0.2) is 0 Å². The highest BCUT2D eigenvalue weighted by Crippen LogP contribution is 2.35. The minimum Gasteiger partial charge on any atom is -0.496 e. The monoisotopic (exact) mass is 382 g/mol. The lowest BCUT2D eigenvalue weighted by Crippen LogP contribution is -2.36. The minimum absolute atomic E-state index is 0.245. The summed E-state index contributed by atoms with van der Waals surface area (Å²) in [5, 5.41) is 3.59. The Hall–Kier alpha value is -2.08. The van der Waals surface area contributed by atoms with Gasteiger partial charge in [-0.2, -0.15) is 0 Å². The van der Waals surface area contributed by atoms with Gasteiger partial charge in [-0.15, -0.1) is 0 Å². The molecule has 0 saturated carbocycles. The number of nitrogens with one attached hydrogen (secondary N) is 1. The normalized spacial score (nSPS) is 19.3. The van der Waals surface area contributed by atoms with Crippen molar-refractivity contribution in [3.05, 3.63) is 58.7 Å². The topological polar surface area (TPSA) is 43.0 Å². The molecule has 2 heterocycles. The van der Waals surface area contributed by atoms with Crippen LogP contribution < -0.4 is 14.8 Å². The largest absolute Gasteiger partial charge is 0.496 e. The lowest BCUT2D eigenvalue weighted by molar-refractivity contribution is 0.0340. The summed E-state index contributed by atoms with van der Waals surface area (Å²) in [6.07, 6.45) is 1.20. The number of hydrogen-bond acceptors (Lipinski definition) is 5. The molecule has 2 aromatic rings. The fourth-order valence-electron chi connectivity index (χ4n) is 4.03. The molecule has 28 heavy (non-hydrogen) atoms. The van der Waals surface area contributed by atoms with Crippen LogP contribution in [0, 0.1) is 0 Å². The molecule has 150 valence electrons. The second kappa shape index (κ2) is 8.95. The molecule has 2 aromatic carbocycles. The Labute approximate surface area is 167 Å². The molecule has 1 unspecified atom stereocenters. The predicted molar refractivity (Wildman–Crippen MR) is 110 cm³/mol. The fraction of sp³-hybridized carbons (Fsp3) is 0.478. The summed E-state index contributed by atoms with van der Waals surface area (Å²) in [6.45, 7) is 8.35. The van der Waals surface area contributed by atoms with Gasteiger partial charge in [-0.1, -0.05) is 24.3 Å². The molecule has 1 atom stereocenters. The van der Waals surface area contributed by atoms with Crippen molar-refractivity contribution in [2.24, 2.45) is 0 Å². The van der Waals surface area contributed by atoms with Crippen LogP contribution in [0.3, 0.4) is 0 Å². The van der Waals surface area contributed by atoms with Crippen molar-refractivity contribution in [1.82, 2.24) is 10.2 Å². The number of benzene rings is 2. The number of hydrogen-bond donors (Lipinski definition) is 1. The average Bonchev–Trinajstić information content (AvgIpc) is 3.08. The standard InChI is InChI=1S/C23H30N2O3/c1-17-11-20-12-22(26-2)21(13-23(20)28-17)15-24-14-18-5-3-4-6-19(18)16-25-7-9-27-10-8-25/h3-6,12-13,17,24H,7-11,14-16H2,1-2H3. The van der Waals surface area contributed by atoms with Crippen LogP contribution in [-0.2, 0) is 30.8 Å². The minimum atomic E-state index is 0.245. The first-order valence-electron chi connectivity index (χ1n) is 10.2. The van der Waals surface area contributed by atoms with Gasteiger partial charge < -0.3 is 19.5 Å². The number of fused-ring (bicyclic) bond motifs is 1. The zero-order valence-electron chi connectivity index (χ0n) is 16.9. The maximum atomic E-state index is 5.92. The number of methoxy groups -OCH3 is 1. The molecule has 1 N–H and O–H groups in total. The predicted octanol–water partition coefficient (Wildman–Crippen LogP) is 3.14. The van der Waals surface area contributed by atoms with Crippen molar-refractivity contribution in [1.29, 1.82) is 0 Å². The fourth-order valence-corrected chi connectivity index (χ4v) is 4.03. The van der Waals surface area contributed by atoms with Crippen molar-refractivity contribution in [3.63, 3.8) is 0 Å². The molecular weight excluding hydrogens is 352 g/mol. The number of nitrogens with zero attached hydrogens (tertiary/aromatic N) is 1. The van der Waals surface area contributed by atoms with Crippen LogP contribution in [0.15, 0.2) is 36.4 Å². The van der Waals surface area contributed by atoms with Crippen LogP contribution in [0.2, 0.25) is 0 Å². The zero-order valence-corrected chi connectivity index (χ0v) is 16.9. The van der Waals surface area contributed by atoms with Crippen molar-refractivity contribution in [2.75, 3.05) is 33.4 Å². The summed E-state index contributed by atoms with van der Waals surface area (Å²) in [6, 6.07) is 12.9. The highest BCUT2D eigenvalue weighted by molar-refractivity contribution is 5.48. The summed E-state index contributed by atoms with van der Waals surface area (Å²) in [5.74, 6) is 1.93. The first-order valence-corrected chi connectivity index (χ1v) is 10.2. The Balaban J connectivity index is 1.40. The molecule has 5 heteroatoms. The molecule has 1 fully saturated rings. The summed E-state index contributed by atoms with van der Waals surface area (Å²) < 4.78 is 17.0. The van der Waals surface area contributed by atoms with Gasteiger partial charge in [0.05, 0.1) is 20.3 Å². The van der Waals surface area contributed by atoms with E-state index in [1.54, 1.807) is 7.11 Å². The average molecular weight is 383 g/mol. The van der Waals surface area contributed by atoms with Crippen LogP contribution in [-0.4, -0.2) is 44.4 Å². The summed E-state index contributed by atoms with van der Waals surface area (Å²) >= 11 is 0. The molecule has 0 spiro atoms. The van der Waals surface area contributed by atoms with Crippen molar-refractivity contribution >= 4 is 0 Å². The first-order chi connectivity index (χ1) is 13.7. The van der Waals surface area contributed by atoms with Gasteiger partial charge in [-0.3, -0.25) is 4.90 Å². The van der Waals surface area contributed by atoms with E-state index in [0.717, 1.165) is 69.4 Å². The number of rotatable bonds is 7. The highest BCUT2D eigenvalue weighted by Gasteiger charge is 2.21. The van der Waals surface area contributed by atoms with Crippen LogP contribution >= 0.6 is 0 Å². The molecule has 5 nitrogen and oxygen atoms in total. The number of morpholine rings is 1. The van der Waals surface area contributed by atoms with E-state index in [9.17, 15) is 0 Å². The summed E-state index contributed by atoms with van der Waals surface area (Å²) in [7, 11) is 1.74. The summed E-state index contributed by atoms with van der Waals surface area (Å²) in [5.41, 5.74) is 5.11. The third-order valence-corrected chi connectivity index (χ3v) is 5.55. The summed E-state index contributed by atoms with van der Waals surface area (Å²) in [4.78, 5) is 2.46. The van der Waals surface area contributed by atoms with Gasteiger partial charge in [0.25, 0.3) is 0 Å². The van der Waals surface area contributed by atoms with Gasteiger partial charge >= 0.3 is 0 Å². The van der Waals surface area contributed by atoms with E-state index in [1.165, 1.54) is 16.7 Å². The molecule has 0 radical (unpaired) electrons. The lowest BCUT2D eigenvalue weighted by atomic mass is 10.1. The van der Waals surface area contributed by atoms with E-state index in [2.05, 4.69) is 53.5 Å².